The van der Waals surface area contributed by atoms with Crippen LogP contribution in [0, 0.1) is 0 Å². The fourth-order valence-electron chi connectivity index (χ4n) is 2.56. The van der Waals surface area contributed by atoms with Gasteiger partial charge in [-0.15, -0.1) is 0 Å². The van der Waals surface area contributed by atoms with Crippen LogP contribution >= 0.6 is 11.6 Å². The largest absolute Gasteiger partial charge is 0.485 e. The van der Waals surface area contributed by atoms with E-state index in [-0.39, 0.29) is 29.4 Å². The van der Waals surface area contributed by atoms with Crippen LogP contribution in [0.1, 0.15) is 25.0 Å². The molecular weight excluding hydrogens is 451 g/mol. The summed E-state index contributed by atoms with van der Waals surface area (Å²) < 4.78 is 61.1. The van der Waals surface area contributed by atoms with Crippen molar-refractivity contribution in [2.45, 2.75) is 26.1 Å². The minimum absolute atomic E-state index is 0.198. The van der Waals surface area contributed by atoms with Gasteiger partial charge in [0.05, 0.1) is 25.4 Å². The van der Waals surface area contributed by atoms with Gasteiger partial charge in [-0.2, -0.15) is 13.2 Å². The van der Waals surface area contributed by atoms with Crippen molar-refractivity contribution in [3.63, 3.8) is 0 Å². The van der Waals surface area contributed by atoms with Crippen LogP contribution in [0.4, 0.5) is 13.2 Å². The molecule has 10 heteroatoms. The summed E-state index contributed by atoms with van der Waals surface area (Å²) >= 11 is 5.97. The number of hydrogen-bond acceptors (Lipinski definition) is 6. The first-order valence-corrected chi connectivity index (χ1v) is 10.3. The van der Waals surface area contributed by atoms with Crippen molar-refractivity contribution in [1.82, 2.24) is 4.98 Å². The molecule has 0 amide bonds. The Labute approximate surface area is 189 Å². The lowest BCUT2D eigenvalue weighted by atomic mass is 10.1. The number of alkyl halides is 3. The molecule has 0 radical (unpaired) electrons. The zero-order chi connectivity index (χ0) is 23.6. The first-order valence-electron chi connectivity index (χ1n) is 9.92. The van der Waals surface area contributed by atoms with Crippen LogP contribution in [-0.2, 0) is 15.7 Å². The number of aromatic nitrogens is 1. The Hall–Kier alpha value is -2.33. The summed E-state index contributed by atoms with van der Waals surface area (Å²) in [6, 6.07) is 5.66. The average molecular weight is 476 g/mol. The van der Waals surface area contributed by atoms with E-state index < -0.39 is 11.7 Å². The molecule has 6 nitrogen and oxygen atoms in total. The molecule has 0 spiro atoms. The molecule has 0 aliphatic rings. The Morgan fingerprint density at radius 3 is 2.38 bits per heavy atom. The van der Waals surface area contributed by atoms with Gasteiger partial charge < -0.3 is 24.1 Å². The Bertz CT molecular complexity index is 884. The molecule has 0 aliphatic heterocycles. The highest BCUT2D eigenvalue weighted by atomic mass is 35.5. The van der Waals surface area contributed by atoms with E-state index in [9.17, 15) is 13.2 Å². The number of ether oxygens (including phenoxy) is 4. The van der Waals surface area contributed by atoms with Gasteiger partial charge >= 0.3 is 6.18 Å². The smallest absolute Gasteiger partial charge is 0.417 e. The number of halogens is 4. The number of hydrogen-bond donors (Lipinski definition) is 1. The van der Waals surface area contributed by atoms with Gasteiger partial charge in [0.2, 0.25) is 5.88 Å². The van der Waals surface area contributed by atoms with Crippen LogP contribution in [0.3, 0.4) is 0 Å². The third-order valence-corrected chi connectivity index (χ3v) is 4.32. The van der Waals surface area contributed by atoms with E-state index in [1.807, 2.05) is 13.8 Å². The van der Waals surface area contributed by atoms with Crippen molar-refractivity contribution in [1.29, 1.82) is 0 Å². The second-order valence-electron chi connectivity index (χ2n) is 6.45. The molecule has 1 N–H and O–H groups in total. The van der Waals surface area contributed by atoms with Crippen molar-refractivity contribution < 1.29 is 37.2 Å². The number of aliphatic hydroxyl groups excluding tert-OH is 1. The fourth-order valence-corrected chi connectivity index (χ4v) is 2.77. The number of nitrogens with zero attached hydrogens (tertiary/aromatic N) is 1. The van der Waals surface area contributed by atoms with E-state index in [1.54, 1.807) is 24.3 Å². The zero-order valence-corrected chi connectivity index (χ0v) is 18.4. The van der Waals surface area contributed by atoms with Crippen LogP contribution in [0.25, 0.3) is 6.08 Å². The highest BCUT2D eigenvalue weighted by Gasteiger charge is 2.32. The minimum atomic E-state index is -4.58. The number of benzene rings is 1. The van der Waals surface area contributed by atoms with Crippen LogP contribution in [0.5, 0.6) is 17.4 Å². The van der Waals surface area contributed by atoms with Crippen LogP contribution < -0.4 is 9.47 Å². The first kappa shape index (κ1) is 25.9. The summed E-state index contributed by atoms with van der Waals surface area (Å²) in [7, 11) is 0. The average Bonchev–Trinajstić information content (AvgIpc) is 2.75. The maximum atomic E-state index is 12.9. The maximum Gasteiger partial charge on any atom is 0.417 e. The van der Waals surface area contributed by atoms with E-state index in [4.69, 9.17) is 35.7 Å². The van der Waals surface area contributed by atoms with Crippen LogP contribution in [0.15, 0.2) is 36.5 Å². The molecule has 0 unspecified atom stereocenters. The van der Waals surface area contributed by atoms with Crippen LogP contribution in [-0.4, -0.2) is 49.2 Å². The van der Waals surface area contributed by atoms with Gasteiger partial charge in [-0.1, -0.05) is 23.8 Å². The molecule has 0 aliphatic carbocycles. The Morgan fingerprint density at radius 2 is 1.81 bits per heavy atom. The van der Waals surface area contributed by atoms with Gasteiger partial charge in [-0.3, -0.25) is 0 Å². The third-order valence-electron chi connectivity index (χ3n) is 4.05. The molecule has 0 saturated heterocycles. The van der Waals surface area contributed by atoms with E-state index in [2.05, 4.69) is 4.98 Å². The number of aliphatic hydroxyl groups is 1. The molecule has 176 valence electrons. The quantitative estimate of drug-likeness (QED) is 0.445. The first-order chi connectivity index (χ1) is 15.3. The Morgan fingerprint density at radius 1 is 1.12 bits per heavy atom. The van der Waals surface area contributed by atoms with Gasteiger partial charge in [-0.05, 0) is 32.0 Å². The van der Waals surface area contributed by atoms with Crippen molar-refractivity contribution in [3.05, 3.63) is 52.7 Å². The number of rotatable bonds is 12. The molecule has 0 fully saturated rings. The van der Waals surface area contributed by atoms with E-state index in [0.29, 0.717) is 43.9 Å². The number of pyridine rings is 1. The third kappa shape index (κ3) is 7.98. The van der Waals surface area contributed by atoms with E-state index >= 15 is 0 Å². The maximum absolute atomic E-state index is 12.9. The second-order valence-corrected chi connectivity index (χ2v) is 6.86. The molecule has 32 heavy (non-hydrogen) atoms. The highest BCUT2D eigenvalue weighted by Crippen LogP contribution is 2.36. The Kier molecular flexibility index (Phi) is 10.2. The minimum Gasteiger partial charge on any atom is -0.485 e. The van der Waals surface area contributed by atoms with Crippen LogP contribution in [0.2, 0.25) is 5.02 Å². The van der Waals surface area contributed by atoms with Crippen molar-refractivity contribution >= 4 is 17.7 Å². The lowest BCUT2D eigenvalue weighted by Gasteiger charge is -2.20. The molecule has 1 heterocycles. The summed E-state index contributed by atoms with van der Waals surface area (Å²) in [4.78, 5) is 3.70. The van der Waals surface area contributed by atoms with Gasteiger partial charge in [-0.25, -0.2) is 4.98 Å². The van der Waals surface area contributed by atoms with Crippen molar-refractivity contribution in [3.8, 4) is 17.4 Å². The summed E-state index contributed by atoms with van der Waals surface area (Å²) in [5.74, 6) is 0.456. The standard InChI is InChI=1S/C22H25ClF3NO5/c1-3-29-13-18(14-30-4-2)31-17-8-7-15(6-5-9-28)20(11-17)32-21-19(23)10-16(12-27-21)22(24,25)26/h5-8,10-12,18,28H,3-4,9,13-14H2,1-2H3. The predicted molar refractivity (Wildman–Crippen MR) is 114 cm³/mol. The zero-order valence-electron chi connectivity index (χ0n) is 17.7. The SMILES string of the molecule is CCOCC(COCC)Oc1ccc(C=CCO)c(Oc2ncc(C(F)(F)F)cc2Cl)c1. The van der Waals surface area contributed by atoms with Gasteiger partial charge in [0.1, 0.15) is 22.6 Å². The van der Waals surface area contributed by atoms with Crippen molar-refractivity contribution in [2.24, 2.45) is 0 Å². The Balaban J connectivity index is 2.32. The summed E-state index contributed by atoms with van der Waals surface area (Å²) in [6.45, 7) is 5.18. The fraction of sp³-hybridized carbons (Fsp3) is 0.409. The van der Waals surface area contributed by atoms with Gasteiger partial charge in [0.25, 0.3) is 0 Å². The molecule has 1 aromatic heterocycles. The molecule has 2 rings (SSSR count). The second kappa shape index (κ2) is 12.6. The summed E-state index contributed by atoms with van der Waals surface area (Å²) in [5.41, 5.74) is -0.447. The van der Waals surface area contributed by atoms with Gasteiger partial charge in [0, 0.05) is 31.0 Å². The van der Waals surface area contributed by atoms with Crippen molar-refractivity contribution in [2.75, 3.05) is 33.0 Å². The predicted octanol–water partition coefficient (Wildman–Crippen LogP) is 5.37. The van der Waals surface area contributed by atoms with Gasteiger partial charge in [0.15, 0.2) is 0 Å². The molecule has 0 saturated carbocycles. The highest BCUT2D eigenvalue weighted by molar-refractivity contribution is 6.31. The summed E-state index contributed by atoms with van der Waals surface area (Å²) in [5, 5.41) is 8.78. The molecule has 2 aromatic rings. The molecule has 0 atom stereocenters. The normalized spacial score (nSPS) is 12.0. The summed E-state index contributed by atoms with van der Waals surface area (Å²) in [6.07, 6.45) is -1.24. The lowest BCUT2D eigenvalue weighted by molar-refractivity contribution is -0.137. The molecule has 1 aromatic carbocycles. The lowest BCUT2D eigenvalue weighted by Crippen LogP contribution is -2.28. The monoisotopic (exact) mass is 475 g/mol. The topological polar surface area (TPSA) is 70.0 Å². The molecular formula is C22H25ClF3NO5. The molecule has 0 bridgehead atoms. The van der Waals surface area contributed by atoms with E-state index in [0.717, 1.165) is 6.07 Å². The van der Waals surface area contributed by atoms with E-state index in [1.165, 1.54) is 6.08 Å².